The molecule has 0 spiro atoms. The molecule has 0 aliphatic carbocycles. The van der Waals surface area contributed by atoms with Crippen molar-refractivity contribution >= 4 is 23.4 Å². The molecule has 1 amide bonds. The molecule has 0 bridgehead atoms. The number of amides is 1. The summed E-state index contributed by atoms with van der Waals surface area (Å²) in [5, 5.41) is 0. The second kappa shape index (κ2) is 9.37. The predicted molar refractivity (Wildman–Crippen MR) is 108 cm³/mol. The van der Waals surface area contributed by atoms with E-state index in [1.54, 1.807) is 18.2 Å². The highest BCUT2D eigenvalue weighted by molar-refractivity contribution is 5.95. The lowest BCUT2D eigenvalue weighted by molar-refractivity contribution is -0.131. The number of hydrogen-bond donors (Lipinski definition) is 0. The van der Waals surface area contributed by atoms with Gasteiger partial charge in [-0.25, -0.2) is 9.69 Å². The van der Waals surface area contributed by atoms with Gasteiger partial charge in [-0.15, -0.1) is 0 Å². The first-order valence-electron chi connectivity index (χ1n) is 8.98. The third-order valence-corrected chi connectivity index (χ3v) is 3.99. The van der Waals surface area contributed by atoms with Gasteiger partial charge in [0.25, 0.3) is 0 Å². The number of anilines is 2. The van der Waals surface area contributed by atoms with Crippen LogP contribution in [0.4, 0.5) is 16.2 Å². The zero-order chi connectivity index (χ0) is 19.8. The van der Waals surface area contributed by atoms with Crippen molar-refractivity contribution in [2.24, 2.45) is 0 Å². The standard InChI is InChI=1S/C23H21NO4/c1-18(25)28-22-14-8-9-19(17-22)15-16-27-23(26)24(20-10-4-2-5-11-20)21-12-6-3-7-13-21/h2-14,17H,15-16H2,1H3. The second-order valence-corrected chi connectivity index (χ2v) is 6.11. The van der Waals surface area contributed by atoms with E-state index in [1.807, 2.05) is 66.7 Å². The topological polar surface area (TPSA) is 55.8 Å². The summed E-state index contributed by atoms with van der Waals surface area (Å²) in [4.78, 5) is 25.4. The Morgan fingerprint density at radius 1 is 0.821 bits per heavy atom. The molecule has 0 fully saturated rings. The predicted octanol–water partition coefficient (Wildman–Crippen LogP) is 5.13. The van der Waals surface area contributed by atoms with Crippen LogP contribution in [0.25, 0.3) is 0 Å². The lowest BCUT2D eigenvalue weighted by Gasteiger charge is -2.22. The van der Waals surface area contributed by atoms with Gasteiger partial charge in [0.2, 0.25) is 0 Å². The molecule has 0 aliphatic heterocycles. The quantitative estimate of drug-likeness (QED) is 0.443. The Hall–Kier alpha value is -3.60. The zero-order valence-corrected chi connectivity index (χ0v) is 15.6. The number of hydrogen-bond acceptors (Lipinski definition) is 4. The first-order valence-corrected chi connectivity index (χ1v) is 8.98. The number of para-hydroxylation sites is 2. The van der Waals surface area contributed by atoms with E-state index in [1.165, 1.54) is 11.8 Å². The summed E-state index contributed by atoms with van der Waals surface area (Å²) in [6.45, 7) is 1.56. The van der Waals surface area contributed by atoms with Gasteiger partial charge >= 0.3 is 12.1 Å². The van der Waals surface area contributed by atoms with Crippen LogP contribution in [-0.2, 0) is 16.0 Å². The Kier molecular flexibility index (Phi) is 6.41. The van der Waals surface area contributed by atoms with Crippen LogP contribution >= 0.6 is 0 Å². The number of nitrogens with zero attached hydrogens (tertiary/aromatic N) is 1. The van der Waals surface area contributed by atoms with Crippen molar-refractivity contribution in [3.63, 3.8) is 0 Å². The van der Waals surface area contributed by atoms with Crippen molar-refractivity contribution in [3.8, 4) is 5.75 Å². The first-order chi connectivity index (χ1) is 13.6. The van der Waals surface area contributed by atoms with Crippen LogP contribution in [0.3, 0.4) is 0 Å². The van der Waals surface area contributed by atoms with E-state index in [9.17, 15) is 9.59 Å². The number of carbonyl (C=O) groups excluding carboxylic acids is 2. The van der Waals surface area contributed by atoms with Gasteiger partial charge in [-0.3, -0.25) is 4.79 Å². The molecule has 0 aromatic heterocycles. The van der Waals surface area contributed by atoms with Crippen LogP contribution in [0.1, 0.15) is 12.5 Å². The normalized spacial score (nSPS) is 10.2. The maximum atomic E-state index is 12.8. The van der Waals surface area contributed by atoms with Crippen LogP contribution in [0, 0.1) is 0 Å². The molecule has 142 valence electrons. The Bertz CT molecular complexity index is 886. The van der Waals surface area contributed by atoms with Gasteiger partial charge in [-0.1, -0.05) is 48.5 Å². The van der Waals surface area contributed by atoms with E-state index in [4.69, 9.17) is 9.47 Å². The Morgan fingerprint density at radius 3 is 2.00 bits per heavy atom. The highest BCUT2D eigenvalue weighted by atomic mass is 16.6. The number of carbonyl (C=O) groups is 2. The number of esters is 1. The Morgan fingerprint density at radius 2 is 1.43 bits per heavy atom. The monoisotopic (exact) mass is 375 g/mol. The van der Waals surface area contributed by atoms with Crippen LogP contribution < -0.4 is 9.64 Å². The molecule has 0 heterocycles. The molecular weight excluding hydrogens is 354 g/mol. The third-order valence-electron chi connectivity index (χ3n) is 3.99. The van der Waals surface area contributed by atoms with Gasteiger partial charge in [-0.05, 0) is 42.0 Å². The van der Waals surface area contributed by atoms with Crippen LogP contribution in [-0.4, -0.2) is 18.7 Å². The van der Waals surface area contributed by atoms with Crippen LogP contribution in [0.5, 0.6) is 5.75 Å². The van der Waals surface area contributed by atoms with E-state index in [0.29, 0.717) is 12.2 Å². The van der Waals surface area contributed by atoms with Gasteiger partial charge in [0.05, 0.1) is 18.0 Å². The summed E-state index contributed by atoms with van der Waals surface area (Å²) in [5.41, 5.74) is 2.38. The van der Waals surface area contributed by atoms with Crippen molar-refractivity contribution in [1.29, 1.82) is 0 Å². The average molecular weight is 375 g/mol. The van der Waals surface area contributed by atoms with Gasteiger partial charge in [0, 0.05) is 13.3 Å². The molecule has 5 nitrogen and oxygen atoms in total. The fourth-order valence-electron chi connectivity index (χ4n) is 2.77. The molecule has 0 aliphatic rings. The molecule has 0 saturated heterocycles. The molecule has 28 heavy (non-hydrogen) atoms. The minimum absolute atomic E-state index is 0.207. The van der Waals surface area contributed by atoms with Gasteiger partial charge in [0.15, 0.2) is 0 Å². The summed E-state index contributed by atoms with van der Waals surface area (Å²) < 4.78 is 10.6. The van der Waals surface area contributed by atoms with Crippen LogP contribution in [0.2, 0.25) is 0 Å². The maximum Gasteiger partial charge on any atom is 0.418 e. The van der Waals surface area contributed by atoms with Gasteiger partial charge in [-0.2, -0.15) is 0 Å². The van der Waals surface area contributed by atoms with Crippen molar-refractivity contribution in [2.45, 2.75) is 13.3 Å². The van der Waals surface area contributed by atoms with E-state index >= 15 is 0 Å². The van der Waals surface area contributed by atoms with E-state index < -0.39 is 6.09 Å². The largest absolute Gasteiger partial charge is 0.449 e. The SMILES string of the molecule is CC(=O)Oc1cccc(CCOC(=O)N(c2ccccc2)c2ccccc2)c1. The fourth-order valence-corrected chi connectivity index (χ4v) is 2.77. The van der Waals surface area contributed by atoms with E-state index in [0.717, 1.165) is 16.9 Å². The molecule has 0 atom stereocenters. The number of benzene rings is 3. The van der Waals surface area contributed by atoms with Crippen molar-refractivity contribution in [3.05, 3.63) is 90.5 Å². The fraction of sp³-hybridized carbons (Fsp3) is 0.130. The van der Waals surface area contributed by atoms with Crippen molar-refractivity contribution in [1.82, 2.24) is 0 Å². The Labute approximate surface area is 164 Å². The van der Waals surface area contributed by atoms with E-state index in [-0.39, 0.29) is 12.6 Å². The molecular formula is C23H21NO4. The molecule has 0 radical (unpaired) electrons. The second-order valence-electron chi connectivity index (χ2n) is 6.11. The summed E-state index contributed by atoms with van der Waals surface area (Å²) in [5.74, 6) is 0.108. The summed E-state index contributed by atoms with van der Waals surface area (Å²) in [7, 11) is 0. The van der Waals surface area contributed by atoms with Crippen LogP contribution in [0.15, 0.2) is 84.9 Å². The highest BCUT2D eigenvalue weighted by Crippen LogP contribution is 2.26. The molecule has 3 aromatic carbocycles. The molecule has 3 rings (SSSR count). The zero-order valence-electron chi connectivity index (χ0n) is 15.6. The number of ether oxygens (including phenoxy) is 2. The first kappa shape index (κ1) is 19.2. The van der Waals surface area contributed by atoms with Crippen molar-refractivity contribution in [2.75, 3.05) is 11.5 Å². The molecule has 5 heteroatoms. The Balaban J connectivity index is 1.67. The summed E-state index contributed by atoms with van der Waals surface area (Å²) in [6.07, 6.45) is 0.0617. The van der Waals surface area contributed by atoms with Gasteiger partial charge < -0.3 is 9.47 Å². The average Bonchev–Trinajstić information content (AvgIpc) is 2.70. The molecule has 3 aromatic rings. The maximum absolute atomic E-state index is 12.8. The minimum atomic E-state index is -0.450. The smallest absolute Gasteiger partial charge is 0.418 e. The van der Waals surface area contributed by atoms with E-state index in [2.05, 4.69) is 0 Å². The summed E-state index contributed by atoms with van der Waals surface area (Å²) >= 11 is 0. The number of rotatable bonds is 6. The molecule has 0 saturated carbocycles. The van der Waals surface area contributed by atoms with Crippen molar-refractivity contribution < 1.29 is 19.1 Å². The molecule has 0 unspecified atom stereocenters. The lowest BCUT2D eigenvalue weighted by atomic mass is 10.1. The lowest BCUT2D eigenvalue weighted by Crippen LogP contribution is -2.27. The highest BCUT2D eigenvalue weighted by Gasteiger charge is 2.19. The summed E-state index contributed by atoms with van der Waals surface area (Å²) in [6, 6.07) is 25.9. The van der Waals surface area contributed by atoms with Gasteiger partial charge in [0.1, 0.15) is 5.75 Å². The molecule has 0 N–H and O–H groups in total. The minimum Gasteiger partial charge on any atom is -0.449 e. The third kappa shape index (κ3) is 5.20.